The summed E-state index contributed by atoms with van der Waals surface area (Å²) in [6, 6.07) is 0.550. The van der Waals surface area contributed by atoms with Gasteiger partial charge in [-0.15, -0.1) is 0 Å². The third-order valence-corrected chi connectivity index (χ3v) is 3.65. The van der Waals surface area contributed by atoms with Crippen molar-refractivity contribution >= 4 is 0 Å². The highest BCUT2D eigenvalue weighted by atomic mass is 16.3. The van der Waals surface area contributed by atoms with Gasteiger partial charge in [-0.25, -0.2) is 0 Å². The minimum atomic E-state index is -0.230. The molecule has 0 saturated heterocycles. The van der Waals surface area contributed by atoms with Crippen LogP contribution in [0.25, 0.3) is 0 Å². The van der Waals surface area contributed by atoms with Gasteiger partial charge in [-0.2, -0.15) is 10.2 Å². The zero-order chi connectivity index (χ0) is 10.5. The van der Waals surface area contributed by atoms with E-state index in [-0.39, 0.29) is 12.1 Å². The zero-order valence-corrected chi connectivity index (χ0v) is 9.44. The molecule has 2 aliphatic rings. The van der Waals surface area contributed by atoms with Crippen molar-refractivity contribution in [1.29, 1.82) is 0 Å². The minimum absolute atomic E-state index is 0.0978. The molecule has 15 heavy (non-hydrogen) atoms. The molecule has 0 aromatic heterocycles. The Morgan fingerprint density at radius 3 is 2.13 bits per heavy atom. The smallest absolute Gasteiger partial charge is 0.0966 e. The third-order valence-electron chi connectivity index (χ3n) is 3.65. The molecule has 3 heteroatoms. The Morgan fingerprint density at radius 1 is 0.733 bits per heavy atom. The van der Waals surface area contributed by atoms with Gasteiger partial charge in [-0.3, -0.25) is 0 Å². The lowest BCUT2D eigenvalue weighted by Crippen LogP contribution is -2.28. The van der Waals surface area contributed by atoms with Crippen LogP contribution < -0.4 is 0 Å². The topological polar surface area (TPSA) is 45.0 Å². The number of hydrogen-bond donors (Lipinski definition) is 1. The Hall–Kier alpha value is -0.440. The van der Waals surface area contributed by atoms with E-state index in [1.165, 1.54) is 38.5 Å². The Kier molecular flexibility index (Phi) is 4.12. The van der Waals surface area contributed by atoms with Crippen molar-refractivity contribution in [3.63, 3.8) is 0 Å². The molecule has 2 fully saturated rings. The number of nitrogens with zero attached hydrogens (tertiary/aromatic N) is 2. The molecule has 1 N–H and O–H groups in total. The van der Waals surface area contributed by atoms with Crippen LogP contribution in [-0.4, -0.2) is 23.3 Å². The van der Waals surface area contributed by atoms with Crippen LogP contribution in [0, 0.1) is 0 Å². The third kappa shape index (κ3) is 3.26. The average molecular weight is 210 g/mol. The molecular formula is C12H22N2O. The van der Waals surface area contributed by atoms with Crippen LogP contribution >= 0.6 is 0 Å². The van der Waals surface area contributed by atoms with Gasteiger partial charge in [0.1, 0.15) is 0 Å². The largest absolute Gasteiger partial charge is 0.391 e. The second kappa shape index (κ2) is 5.59. The Bertz CT molecular complexity index is 212. The van der Waals surface area contributed by atoms with Gasteiger partial charge in [0.2, 0.25) is 0 Å². The first-order valence-corrected chi connectivity index (χ1v) is 6.44. The molecule has 0 aliphatic heterocycles. The van der Waals surface area contributed by atoms with Crippen LogP contribution in [0.2, 0.25) is 0 Å². The van der Waals surface area contributed by atoms with E-state index in [0.29, 0.717) is 6.04 Å². The van der Waals surface area contributed by atoms with E-state index >= 15 is 0 Å². The van der Waals surface area contributed by atoms with Crippen LogP contribution in [0.3, 0.4) is 0 Å². The van der Waals surface area contributed by atoms with Crippen molar-refractivity contribution in [2.75, 3.05) is 0 Å². The minimum Gasteiger partial charge on any atom is -0.391 e. The van der Waals surface area contributed by atoms with Gasteiger partial charge in [0.15, 0.2) is 0 Å². The second-order valence-corrected chi connectivity index (χ2v) is 4.94. The predicted octanol–water partition coefficient (Wildman–Crippen LogP) is 3.07. The molecule has 0 aromatic carbocycles. The van der Waals surface area contributed by atoms with Crippen molar-refractivity contribution in [2.45, 2.75) is 76.0 Å². The summed E-state index contributed by atoms with van der Waals surface area (Å²) in [6.07, 6.45) is 10.4. The van der Waals surface area contributed by atoms with Crippen LogP contribution in [0.1, 0.15) is 57.8 Å². The molecule has 0 bridgehead atoms. The van der Waals surface area contributed by atoms with Gasteiger partial charge in [0, 0.05) is 0 Å². The first-order chi connectivity index (χ1) is 7.36. The Labute approximate surface area is 92.0 Å². The lowest BCUT2D eigenvalue weighted by Gasteiger charge is -2.24. The van der Waals surface area contributed by atoms with Gasteiger partial charge in [0.25, 0.3) is 0 Å². The van der Waals surface area contributed by atoms with Crippen molar-refractivity contribution in [1.82, 2.24) is 0 Å². The maximum atomic E-state index is 9.74. The normalized spacial score (nSPS) is 34.7. The van der Waals surface area contributed by atoms with Gasteiger partial charge >= 0.3 is 0 Å². The van der Waals surface area contributed by atoms with Crippen molar-refractivity contribution in [3.05, 3.63) is 0 Å². The monoisotopic (exact) mass is 210 g/mol. The van der Waals surface area contributed by atoms with Crippen LogP contribution in [-0.2, 0) is 0 Å². The molecule has 3 nitrogen and oxygen atoms in total. The lowest BCUT2D eigenvalue weighted by atomic mass is 9.93. The van der Waals surface area contributed by atoms with Gasteiger partial charge < -0.3 is 5.11 Å². The maximum Gasteiger partial charge on any atom is 0.0966 e. The van der Waals surface area contributed by atoms with Gasteiger partial charge in [-0.1, -0.05) is 32.1 Å². The van der Waals surface area contributed by atoms with Crippen molar-refractivity contribution < 1.29 is 5.11 Å². The quantitative estimate of drug-likeness (QED) is 0.699. The van der Waals surface area contributed by atoms with E-state index in [4.69, 9.17) is 0 Å². The van der Waals surface area contributed by atoms with E-state index in [1.807, 2.05) is 0 Å². The summed E-state index contributed by atoms with van der Waals surface area (Å²) in [5, 5.41) is 18.5. The fourth-order valence-corrected chi connectivity index (χ4v) is 2.60. The number of aliphatic hydroxyl groups excluding tert-OH is 1. The highest BCUT2D eigenvalue weighted by molar-refractivity contribution is 4.80. The number of rotatable bonds is 2. The van der Waals surface area contributed by atoms with Crippen LogP contribution in [0.15, 0.2) is 10.2 Å². The van der Waals surface area contributed by atoms with Crippen LogP contribution in [0.4, 0.5) is 0 Å². The summed E-state index contributed by atoms with van der Waals surface area (Å²) < 4.78 is 0. The molecule has 2 saturated carbocycles. The van der Waals surface area contributed by atoms with E-state index in [9.17, 15) is 5.11 Å². The molecule has 86 valence electrons. The SMILES string of the molecule is OC1CCCCC1N=NC1CCCCC1. The first-order valence-electron chi connectivity index (χ1n) is 6.44. The fraction of sp³-hybridized carbons (Fsp3) is 1.00. The van der Waals surface area contributed by atoms with E-state index in [0.717, 1.165) is 19.3 Å². The van der Waals surface area contributed by atoms with Crippen molar-refractivity contribution in [3.8, 4) is 0 Å². The summed E-state index contributed by atoms with van der Waals surface area (Å²) >= 11 is 0. The van der Waals surface area contributed by atoms with Gasteiger partial charge in [0.05, 0.1) is 18.2 Å². The second-order valence-electron chi connectivity index (χ2n) is 4.94. The van der Waals surface area contributed by atoms with Crippen molar-refractivity contribution in [2.24, 2.45) is 10.2 Å². The summed E-state index contributed by atoms with van der Waals surface area (Å²) in [6.45, 7) is 0. The molecule has 0 spiro atoms. The number of aliphatic hydroxyl groups is 1. The number of azo groups is 1. The molecule has 0 radical (unpaired) electrons. The molecule has 2 aliphatic carbocycles. The summed E-state index contributed by atoms with van der Waals surface area (Å²) in [5.41, 5.74) is 0. The summed E-state index contributed by atoms with van der Waals surface area (Å²) in [7, 11) is 0. The Morgan fingerprint density at radius 2 is 1.40 bits per heavy atom. The first kappa shape index (κ1) is 11.1. The molecular weight excluding hydrogens is 188 g/mol. The highest BCUT2D eigenvalue weighted by Crippen LogP contribution is 2.24. The lowest BCUT2D eigenvalue weighted by molar-refractivity contribution is 0.105. The average Bonchev–Trinajstić information content (AvgIpc) is 2.29. The maximum absolute atomic E-state index is 9.74. The van der Waals surface area contributed by atoms with E-state index in [2.05, 4.69) is 10.2 Å². The fourth-order valence-electron chi connectivity index (χ4n) is 2.60. The standard InChI is InChI=1S/C12H22N2O/c15-12-9-5-4-8-11(12)14-13-10-6-2-1-3-7-10/h10-12,15H,1-9H2. The molecule has 0 aromatic rings. The molecule has 0 amide bonds. The van der Waals surface area contributed by atoms with E-state index < -0.39 is 0 Å². The molecule has 2 unspecified atom stereocenters. The van der Waals surface area contributed by atoms with Crippen LogP contribution in [0.5, 0.6) is 0 Å². The number of hydrogen-bond acceptors (Lipinski definition) is 3. The highest BCUT2D eigenvalue weighted by Gasteiger charge is 2.23. The zero-order valence-electron chi connectivity index (χ0n) is 9.44. The summed E-state index contributed by atoms with van der Waals surface area (Å²) in [4.78, 5) is 0. The molecule has 2 atom stereocenters. The molecule has 0 heterocycles. The Balaban J connectivity index is 1.80. The molecule has 2 rings (SSSR count). The predicted molar refractivity (Wildman–Crippen MR) is 60.0 cm³/mol. The van der Waals surface area contributed by atoms with Gasteiger partial charge in [-0.05, 0) is 25.7 Å². The summed E-state index contributed by atoms with van der Waals surface area (Å²) in [5.74, 6) is 0. The van der Waals surface area contributed by atoms with E-state index in [1.54, 1.807) is 0 Å².